The molecule has 3 aromatic heterocycles. The van der Waals surface area contributed by atoms with Gasteiger partial charge in [0, 0.05) is 27.8 Å². The first-order valence-electron chi connectivity index (χ1n) is 9.05. The van der Waals surface area contributed by atoms with Gasteiger partial charge in [0.15, 0.2) is 10.7 Å². The molecule has 29 heavy (non-hydrogen) atoms. The van der Waals surface area contributed by atoms with E-state index in [2.05, 4.69) is 5.10 Å². The molecule has 4 rings (SSSR count). The van der Waals surface area contributed by atoms with Gasteiger partial charge in [0.2, 0.25) is 0 Å². The van der Waals surface area contributed by atoms with Crippen molar-refractivity contribution in [2.24, 2.45) is 0 Å². The van der Waals surface area contributed by atoms with Gasteiger partial charge in [-0.15, -0.1) is 11.3 Å². The Kier molecular flexibility index (Phi) is 5.76. The van der Waals surface area contributed by atoms with E-state index in [1.807, 2.05) is 31.4 Å². The standard InChI is InChI=1S/C20H18ClFN4OS2/c1-3-26-18-17(12(2)24-26)23-20(25(19(18)27)10-13-6-5-9-28-13)29-11-14-15(21)7-4-8-16(14)22/h4-9H,3,10-11H2,1-2H3. The van der Waals surface area contributed by atoms with Gasteiger partial charge in [0.25, 0.3) is 5.56 Å². The Hall–Kier alpha value is -2.16. The maximum Gasteiger partial charge on any atom is 0.280 e. The monoisotopic (exact) mass is 448 g/mol. The number of hydrogen-bond donors (Lipinski definition) is 0. The number of aromatic nitrogens is 4. The number of fused-ring (bicyclic) bond motifs is 1. The number of aryl methyl sites for hydroxylation is 2. The van der Waals surface area contributed by atoms with Crippen molar-refractivity contribution in [2.75, 3.05) is 0 Å². The van der Waals surface area contributed by atoms with Gasteiger partial charge in [-0.2, -0.15) is 5.10 Å². The fourth-order valence-electron chi connectivity index (χ4n) is 3.13. The van der Waals surface area contributed by atoms with E-state index in [0.717, 1.165) is 4.88 Å². The molecular formula is C20H18ClFN4OS2. The Balaban J connectivity index is 1.82. The van der Waals surface area contributed by atoms with E-state index in [9.17, 15) is 9.18 Å². The first kappa shape index (κ1) is 20.1. The SMILES string of the molecule is CCn1nc(C)c2nc(SCc3c(F)cccc3Cl)n(Cc3cccs3)c(=O)c21. The summed E-state index contributed by atoms with van der Waals surface area (Å²) < 4.78 is 17.5. The van der Waals surface area contributed by atoms with Crippen LogP contribution in [0.15, 0.2) is 45.7 Å². The van der Waals surface area contributed by atoms with E-state index in [0.29, 0.717) is 45.6 Å². The Morgan fingerprint density at radius 2 is 2.10 bits per heavy atom. The van der Waals surface area contributed by atoms with Crippen LogP contribution in [0.5, 0.6) is 0 Å². The predicted octanol–water partition coefficient (Wildman–Crippen LogP) is 5.12. The summed E-state index contributed by atoms with van der Waals surface area (Å²) in [5, 5.41) is 7.30. The second-order valence-corrected chi connectivity index (χ2v) is 8.83. The molecule has 0 radical (unpaired) electrons. The minimum atomic E-state index is -0.367. The second-order valence-electron chi connectivity index (χ2n) is 6.45. The molecule has 0 saturated carbocycles. The lowest BCUT2D eigenvalue weighted by molar-refractivity contribution is 0.616. The largest absolute Gasteiger partial charge is 0.280 e. The summed E-state index contributed by atoms with van der Waals surface area (Å²) in [6, 6.07) is 8.54. The summed E-state index contributed by atoms with van der Waals surface area (Å²) in [4.78, 5) is 19.1. The number of hydrogen-bond acceptors (Lipinski definition) is 5. The highest BCUT2D eigenvalue weighted by atomic mass is 35.5. The third-order valence-corrected chi connectivity index (χ3v) is 6.80. The first-order valence-corrected chi connectivity index (χ1v) is 11.3. The molecule has 0 aliphatic heterocycles. The number of benzene rings is 1. The summed E-state index contributed by atoms with van der Waals surface area (Å²) in [5.41, 5.74) is 2.04. The number of rotatable bonds is 6. The van der Waals surface area contributed by atoms with E-state index in [4.69, 9.17) is 16.6 Å². The molecule has 0 unspecified atom stereocenters. The molecule has 0 fully saturated rings. The molecule has 150 valence electrons. The van der Waals surface area contributed by atoms with Gasteiger partial charge in [0.05, 0.1) is 12.2 Å². The van der Waals surface area contributed by atoms with Crippen LogP contribution in [0.1, 0.15) is 23.1 Å². The molecule has 3 heterocycles. The highest BCUT2D eigenvalue weighted by Crippen LogP contribution is 2.29. The van der Waals surface area contributed by atoms with Crippen molar-refractivity contribution in [3.8, 4) is 0 Å². The zero-order valence-corrected chi connectivity index (χ0v) is 18.2. The van der Waals surface area contributed by atoms with Crippen molar-refractivity contribution in [1.82, 2.24) is 19.3 Å². The van der Waals surface area contributed by atoms with Gasteiger partial charge in [0.1, 0.15) is 11.3 Å². The smallest absolute Gasteiger partial charge is 0.280 e. The van der Waals surface area contributed by atoms with Crippen molar-refractivity contribution < 1.29 is 4.39 Å². The Morgan fingerprint density at radius 3 is 2.79 bits per heavy atom. The van der Waals surface area contributed by atoms with Crippen LogP contribution in [0.2, 0.25) is 5.02 Å². The van der Waals surface area contributed by atoms with Crippen LogP contribution in [-0.2, 0) is 18.8 Å². The first-order chi connectivity index (χ1) is 14.0. The van der Waals surface area contributed by atoms with E-state index in [1.165, 1.54) is 17.8 Å². The predicted molar refractivity (Wildman–Crippen MR) is 117 cm³/mol. The lowest BCUT2D eigenvalue weighted by atomic mass is 10.2. The minimum Gasteiger partial charge on any atom is -0.280 e. The quantitative estimate of drug-likeness (QED) is 0.303. The van der Waals surface area contributed by atoms with Crippen molar-refractivity contribution in [3.05, 3.63) is 73.0 Å². The number of halogens is 2. The molecule has 0 aliphatic rings. The van der Waals surface area contributed by atoms with Gasteiger partial charge in [-0.3, -0.25) is 14.0 Å². The highest BCUT2D eigenvalue weighted by Gasteiger charge is 2.19. The van der Waals surface area contributed by atoms with Gasteiger partial charge in [-0.1, -0.05) is 35.5 Å². The molecule has 1 aromatic carbocycles. The van der Waals surface area contributed by atoms with Crippen LogP contribution in [0.3, 0.4) is 0 Å². The van der Waals surface area contributed by atoms with Crippen molar-refractivity contribution in [2.45, 2.75) is 37.8 Å². The molecule has 0 aliphatic carbocycles. The fourth-order valence-corrected chi connectivity index (χ4v) is 5.16. The Bertz CT molecular complexity index is 1210. The third kappa shape index (κ3) is 3.84. The maximum absolute atomic E-state index is 14.2. The summed E-state index contributed by atoms with van der Waals surface area (Å²) in [6.45, 7) is 4.77. The average Bonchev–Trinajstić information content (AvgIpc) is 3.32. The Morgan fingerprint density at radius 1 is 1.28 bits per heavy atom. The van der Waals surface area contributed by atoms with Crippen molar-refractivity contribution >= 4 is 45.7 Å². The summed E-state index contributed by atoms with van der Waals surface area (Å²) >= 11 is 9.05. The zero-order valence-electron chi connectivity index (χ0n) is 15.9. The van der Waals surface area contributed by atoms with E-state index < -0.39 is 0 Å². The molecular weight excluding hydrogens is 431 g/mol. The molecule has 0 spiro atoms. The van der Waals surface area contributed by atoms with Crippen LogP contribution >= 0.6 is 34.7 Å². The van der Waals surface area contributed by atoms with Crippen LogP contribution < -0.4 is 5.56 Å². The molecule has 0 N–H and O–H groups in total. The molecule has 0 saturated heterocycles. The van der Waals surface area contributed by atoms with Crippen LogP contribution in [0, 0.1) is 12.7 Å². The normalized spacial score (nSPS) is 11.4. The molecule has 0 amide bonds. The lowest BCUT2D eigenvalue weighted by Crippen LogP contribution is -2.25. The molecule has 5 nitrogen and oxygen atoms in total. The molecule has 4 aromatic rings. The average molecular weight is 449 g/mol. The van der Waals surface area contributed by atoms with Gasteiger partial charge in [-0.05, 0) is 37.4 Å². The van der Waals surface area contributed by atoms with E-state index in [1.54, 1.807) is 32.7 Å². The van der Waals surface area contributed by atoms with Gasteiger partial charge < -0.3 is 0 Å². The highest BCUT2D eigenvalue weighted by molar-refractivity contribution is 7.98. The van der Waals surface area contributed by atoms with E-state index >= 15 is 0 Å². The number of thiophene rings is 1. The summed E-state index contributed by atoms with van der Waals surface area (Å²) in [6.07, 6.45) is 0. The van der Waals surface area contributed by atoms with Crippen LogP contribution in [0.25, 0.3) is 11.0 Å². The number of nitrogens with zero attached hydrogens (tertiary/aromatic N) is 4. The van der Waals surface area contributed by atoms with Crippen LogP contribution in [-0.4, -0.2) is 19.3 Å². The Labute approximate surface area is 180 Å². The second kappa shape index (κ2) is 8.30. The minimum absolute atomic E-state index is 0.145. The van der Waals surface area contributed by atoms with Crippen LogP contribution in [0.4, 0.5) is 4.39 Å². The van der Waals surface area contributed by atoms with Crippen molar-refractivity contribution in [1.29, 1.82) is 0 Å². The van der Waals surface area contributed by atoms with Gasteiger partial charge >= 0.3 is 0 Å². The van der Waals surface area contributed by atoms with Gasteiger partial charge in [-0.25, -0.2) is 9.37 Å². The lowest BCUT2D eigenvalue weighted by Gasteiger charge is -2.12. The topological polar surface area (TPSA) is 52.7 Å². The molecule has 0 atom stereocenters. The maximum atomic E-state index is 14.2. The van der Waals surface area contributed by atoms with Crippen molar-refractivity contribution in [3.63, 3.8) is 0 Å². The number of thioether (sulfide) groups is 1. The zero-order chi connectivity index (χ0) is 20.5. The van der Waals surface area contributed by atoms with E-state index in [-0.39, 0.29) is 17.1 Å². The fraction of sp³-hybridized carbons (Fsp3) is 0.250. The molecule has 9 heteroatoms. The third-order valence-electron chi connectivity index (χ3n) is 4.58. The molecule has 0 bridgehead atoms. The summed E-state index contributed by atoms with van der Waals surface area (Å²) in [7, 11) is 0. The summed E-state index contributed by atoms with van der Waals surface area (Å²) in [5.74, 6) is -0.0947.